The van der Waals surface area contributed by atoms with Gasteiger partial charge in [0.25, 0.3) is 0 Å². The summed E-state index contributed by atoms with van der Waals surface area (Å²) in [6.07, 6.45) is 1.81. The third-order valence-corrected chi connectivity index (χ3v) is 2.94. The van der Waals surface area contributed by atoms with Gasteiger partial charge in [-0.15, -0.1) is 0 Å². The van der Waals surface area contributed by atoms with E-state index in [9.17, 15) is 0 Å². The number of aryl methyl sites for hydroxylation is 3. The fourth-order valence-corrected chi connectivity index (χ4v) is 1.76. The summed E-state index contributed by atoms with van der Waals surface area (Å²) in [5.74, 6) is 1.39. The Hall–Kier alpha value is -1.77. The van der Waals surface area contributed by atoms with E-state index in [2.05, 4.69) is 36.3 Å². The number of nitrogen functional groups attached to an aromatic ring is 1. The second-order valence-electron chi connectivity index (χ2n) is 4.04. The number of hydrogen-bond donors (Lipinski definition) is 1. The fraction of sp³-hybridized carbons (Fsp3) is 0.308. The van der Waals surface area contributed by atoms with Gasteiger partial charge >= 0.3 is 0 Å². The van der Waals surface area contributed by atoms with Crippen molar-refractivity contribution in [3.05, 3.63) is 46.7 Å². The molecule has 1 heterocycles. The van der Waals surface area contributed by atoms with Crippen molar-refractivity contribution in [1.29, 1.82) is 0 Å². The van der Waals surface area contributed by atoms with Crippen LogP contribution in [0.15, 0.2) is 28.8 Å². The summed E-state index contributed by atoms with van der Waals surface area (Å²) in [4.78, 5) is 0. The van der Waals surface area contributed by atoms with Crippen molar-refractivity contribution in [2.24, 2.45) is 0 Å². The number of hydrogen-bond acceptors (Lipinski definition) is 3. The van der Waals surface area contributed by atoms with Crippen LogP contribution in [-0.4, -0.2) is 5.16 Å². The lowest BCUT2D eigenvalue weighted by atomic mass is 10.0. The molecule has 0 atom stereocenters. The Labute approximate surface area is 95.3 Å². The monoisotopic (exact) mass is 216 g/mol. The lowest BCUT2D eigenvalue weighted by molar-refractivity contribution is 0.384. The molecule has 2 aromatic rings. The highest BCUT2D eigenvalue weighted by Gasteiger charge is 2.09. The minimum atomic E-state index is 0.500. The molecule has 1 aromatic heterocycles. The van der Waals surface area contributed by atoms with Crippen molar-refractivity contribution in [2.45, 2.75) is 26.7 Å². The highest BCUT2D eigenvalue weighted by Crippen LogP contribution is 2.17. The minimum Gasteiger partial charge on any atom is -0.381 e. The van der Waals surface area contributed by atoms with E-state index in [1.807, 2.05) is 6.92 Å². The summed E-state index contributed by atoms with van der Waals surface area (Å²) in [6, 6.07) is 8.38. The predicted molar refractivity (Wildman–Crippen MR) is 64.2 cm³/mol. The van der Waals surface area contributed by atoms with Crippen molar-refractivity contribution in [1.82, 2.24) is 5.16 Å². The molecule has 3 heteroatoms. The van der Waals surface area contributed by atoms with Gasteiger partial charge in [-0.3, -0.25) is 0 Å². The van der Waals surface area contributed by atoms with Crippen LogP contribution in [0.3, 0.4) is 0 Å². The van der Waals surface area contributed by atoms with Crippen LogP contribution in [-0.2, 0) is 12.8 Å². The largest absolute Gasteiger partial charge is 0.381 e. The lowest BCUT2D eigenvalue weighted by Crippen LogP contribution is -1.94. The molecule has 0 spiro atoms. The third kappa shape index (κ3) is 2.08. The summed E-state index contributed by atoms with van der Waals surface area (Å²) in [6.45, 7) is 4.07. The number of rotatable bonds is 3. The maximum atomic E-state index is 5.63. The Balaban J connectivity index is 2.08. The van der Waals surface area contributed by atoms with E-state index in [0.717, 1.165) is 24.2 Å². The van der Waals surface area contributed by atoms with E-state index in [-0.39, 0.29) is 0 Å². The van der Waals surface area contributed by atoms with E-state index in [1.54, 1.807) is 0 Å². The lowest BCUT2D eigenvalue weighted by Gasteiger charge is -2.03. The van der Waals surface area contributed by atoms with E-state index < -0.39 is 0 Å². The highest BCUT2D eigenvalue weighted by atomic mass is 16.5. The molecule has 16 heavy (non-hydrogen) atoms. The van der Waals surface area contributed by atoms with E-state index >= 15 is 0 Å². The van der Waals surface area contributed by atoms with E-state index in [4.69, 9.17) is 10.3 Å². The van der Waals surface area contributed by atoms with Crippen LogP contribution in [0.1, 0.15) is 22.5 Å². The summed E-state index contributed by atoms with van der Waals surface area (Å²) < 4.78 is 5.18. The fourth-order valence-electron chi connectivity index (χ4n) is 1.76. The first-order valence-electron chi connectivity index (χ1n) is 5.43. The molecular weight excluding hydrogens is 200 g/mol. The van der Waals surface area contributed by atoms with Gasteiger partial charge in [-0.1, -0.05) is 29.4 Å². The molecule has 0 saturated carbocycles. The molecule has 2 rings (SSSR count). The normalized spacial score (nSPS) is 10.6. The molecule has 0 unspecified atom stereocenters. The van der Waals surface area contributed by atoms with Gasteiger partial charge in [-0.05, 0) is 31.4 Å². The first-order chi connectivity index (χ1) is 7.68. The Bertz CT molecular complexity index is 488. The van der Waals surface area contributed by atoms with Crippen LogP contribution in [0, 0.1) is 13.8 Å². The van der Waals surface area contributed by atoms with Crippen molar-refractivity contribution < 1.29 is 4.52 Å². The summed E-state index contributed by atoms with van der Waals surface area (Å²) >= 11 is 0. The zero-order valence-electron chi connectivity index (χ0n) is 9.66. The van der Waals surface area contributed by atoms with Crippen LogP contribution >= 0.6 is 0 Å². The second kappa shape index (κ2) is 4.39. The molecule has 0 fully saturated rings. The number of anilines is 1. The topological polar surface area (TPSA) is 52.0 Å². The second-order valence-corrected chi connectivity index (χ2v) is 4.04. The zero-order valence-corrected chi connectivity index (χ0v) is 9.66. The van der Waals surface area contributed by atoms with Gasteiger partial charge in [0.1, 0.15) is 5.76 Å². The first kappa shape index (κ1) is 10.7. The number of nitrogens with two attached hydrogens (primary N) is 1. The van der Waals surface area contributed by atoms with Crippen molar-refractivity contribution in [2.75, 3.05) is 5.73 Å². The molecule has 1 aromatic carbocycles. The molecular formula is C13H16N2O. The molecule has 0 amide bonds. The van der Waals surface area contributed by atoms with Crippen LogP contribution in [0.4, 0.5) is 5.82 Å². The van der Waals surface area contributed by atoms with Gasteiger partial charge in [0.05, 0.1) is 0 Å². The van der Waals surface area contributed by atoms with Crippen LogP contribution in [0.2, 0.25) is 0 Å². The molecule has 84 valence electrons. The van der Waals surface area contributed by atoms with Crippen LogP contribution in [0.25, 0.3) is 0 Å². The predicted octanol–water partition coefficient (Wildman–Crippen LogP) is 2.66. The summed E-state index contributed by atoms with van der Waals surface area (Å²) in [5.41, 5.74) is 9.26. The van der Waals surface area contributed by atoms with Crippen LogP contribution in [0.5, 0.6) is 0 Å². The van der Waals surface area contributed by atoms with Crippen molar-refractivity contribution in [3.8, 4) is 0 Å². The van der Waals surface area contributed by atoms with Gasteiger partial charge in [-0.2, -0.15) is 0 Å². The average molecular weight is 216 g/mol. The molecule has 0 saturated heterocycles. The van der Waals surface area contributed by atoms with Gasteiger partial charge in [-0.25, -0.2) is 0 Å². The summed E-state index contributed by atoms with van der Waals surface area (Å²) in [5, 5.41) is 3.75. The van der Waals surface area contributed by atoms with E-state index in [1.165, 1.54) is 11.1 Å². The molecule has 2 N–H and O–H groups in total. The molecule has 0 radical (unpaired) electrons. The Morgan fingerprint density at radius 2 is 1.94 bits per heavy atom. The SMILES string of the molecule is Cc1ccccc1CCc1onc(N)c1C. The maximum absolute atomic E-state index is 5.63. The first-order valence-corrected chi connectivity index (χ1v) is 5.43. The Kier molecular flexibility index (Phi) is 2.95. The van der Waals surface area contributed by atoms with Gasteiger partial charge < -0.3 is 10.3 Å². The third-order valence-electron chi connectivity index (χ3n) is 2.94. The van der Waals surface area contributed by atoms with Gasteiger partial charge in [0.15, 0.2) is 5.82 Å². The molecule has 0 aliphatic carbocycles. The number of aromatic nitrogens is 1. The Morgan fingerprint density at radius 3 is 2.56 bits per heavy atom. The van der Waals surface area contributed by atoms with Crippen molar-refractivity contribution >= 4 is 5.82 Å². The van der Waals surface area contributed by atoms with Gasteiger partial charge in [0.2, 0.25) is 0 Å². The standard InChI is InChI=1S/C13H16N2O/c1-9-5-3-4-6-11(9)7-8-12-10(2)13(14)15-16-12/h3-6H,7-8H2,1-2H3,(H2,14,15). The molecule has 0 aliphatic heterocycles. The van der Waals surface area contributed by atoms with Crippen LogP contribution < -0.4 is 5.73 Å². The van der Waals surface area contributed by atoms with Crippen molar-refractivity contribution in [3.63, 3.8) is 0 Å². The highest BCUT2D eigenvalue weighted by molar-refractivity contribution is 5.39. The number of nitrogens with zero attached hydrogens (tertiary/aromatic N) is 1. The quantitative estimate of drug-likeness (QED) is 0.858. The minimum absolute atomic E-state index is 0.500. The number of benzene rings is 1. The smallest absolute Gasteiger partial charge is 0.169 e. The zero-order chi connectivity index (χ0) is 11.5. The Morgan fingerprint density at radius 1 is 1.19 bits per heavy atom. The van der Waals surface area contributed by atoms with E-state index in [0.29, 0.717) is 5.82 Å². The average Bonchev–Trinajstić information content (AvgIpc) is 2.59. The summed E-state index contributed by atoms with van der Waals surface area (Å²) in [7, 11) is 0. The van der Waals surface area contributed by atoms with Gasteiger partial charge in [0, 0.05) is 12.0 Å². The molecule has 3 nitrogen and oxygen atoms in total. The maximum Gasteiger partial charge on any atom is 0.169 e. The molecule has 0 bridgehead atoms. The molecule has 0 aliphatic rings.